The van der Waals surface area contributed by atoms with Gasteiger partial charge in [0, 0.05) is 14.1 Å². The van der Waals surface area contributed by atoms with Crippen LogP contribution in [0.2, 0.25) is 0 Å². The maximum Gasteiger partial charge on any atom is 0.433 e. The molecule has 1 rings (SSSR count). The van der Waals surface area contributed by atoms with E-state index in [1.54, 1.807) is 38.9 Å². The van der Waals surface area contributed by atoms with Crippen LogP contribution < -0.4 is 4.90 Å². The number of aromatic nitrogens is 1. The highest BCUT2D eigenvalue weighted by atomic mass is 19.4. The first kappa shape index (κ1) is 12.8. The predicted molar refractivity (Wildman–Crippen MR) is 57.7 cm³/mol. The molecule has 0 spiro atoms. The largest absolute Gasteiger partial charge is 0.433 e. The molecule has 16 heavy (non-hydrogen) atoms. The number of alkyl halides is 3. The number of halogens is 3. The first-order valence-corrected chi connectivity index (χ1v) is 4.99. The molecule has 90 valence electrons. The lowest BCUT2D eigenvalue weighted by atomic mass is 10.0. The standard InChI is InChI=1S/C11H15F3N2/c1-7(2)8-5-6-9(16(3)4)15-10(8)11(12,13)14/h5-7H,1-4H3. The van der Waals surface area contributed by atoms with Crippen LogP contribution in [0.4, 0.5) is 19.0 Å². The minimum atomic E-state index is -4.40. The number of nitrogens with zero attached hydrogens (tertiary/aromatic N) is 2. The Kier molecular flexibility index (Phi) is 3.45. The average Bonchev–Trinajstić information content (AvgIpc) is 2.15. The molecule has 0 bridgehead atoms. The molecule has 0 unspecified atom stereocenters. The van der Waals surface area contributed by atoms with Gasteiger partial charge in [-0.1, -0.05) is 19.9 Å². The van der Waals surface area contributed by atoms with Crippen molar-refractivity contribution in [3.8, 4) is 0 Å². The Hall–Kier alpha value is -1.26. The summed E-state index contributed by atoms with van der Waals surface area (Å²) in [6.45, 7) is 3.45. The van der Waals surface area contributed by atoms with Crippen molar-refractivity contribution >= 4 is 5.82 Å². The molecule has 0 saturated heterocycles. The van der Waals surface area contributed by atoms with Gasteiger partial charge < -0.3 is 4.90 Å². The van der Waals surface area contributed by atoms with Crippen LogP contribution in [0.15, 0.2) is 12.1 Å². The molecule has 0 amide bonds. The lowest BCUT2D eigenvalue weighted by Gasteiger charge is -2.18. The third-order valence-corrected chi connectivity index (χ3v) is 2.26. The Morgan fingerprint density at radius 3 is 2.12 bits per heavy atom. The van der Waals surface area contributed by atoms with Crippen molar-refractivity contribution in [2.75, 3.05) is 19.0 Å². The van der Waals surface area contributed by atoms with Crippen LogP contribution in [-0.2, 0) is 6.18 Å². The molecular formula is C11H15F3N2. The Bertz CT molecular complexity index is 370. The van der Waals surface area contributed by atoms with E-state index in [0.29, 0.717) is 5.82 Å². The zero-order valence-corrected chi connectivity index (χ0v) is 9.76. The Balaban J connectivity index is 3.33. The molecule has 2 nitrogen and oxygen atoms in total. The van der Waals surface area contributed by atoms with E-state index in [9.17, 15) is 13.2 Å². The van der Waals surface area contributed by atoms with Gasteiger partial charge >= 0.3 is 6.18 Å². The van der Waals surface area contributed by atoms with E-state index in [1.165, 1.54) is 6.07 Å². The van der Waals surface area contributed by atoms with Crippen molar-refractivity contribution in [3.63, 3.8) is 0 Å². The SMILES string of the molecule is CC(C)c1ccc(N(C)C)nc1C(F)(F)F. The Morgan fingerprint density at radius 1 is 1.19 bits per heavy atom. The van der Waals surface area contributed by atoms with E-state index in [2.05, 4.69) is 4.98 Å². The second kappa shape index (κ2) is 4.31. The molecule has 1 heterocycles. The maximum absolute atomic E-state index is 12.8. The molecule has 5 heteroatoms. The van der Waals surface area contributed by atoms with Crippen LogP contribution in [0, 0.1) is 0 Å². The van der Waals surface area contributed by atoms with E-state index in [4.69, 9.17) is 0 Å². The molecule has 0 aliphatic heterocycles. The molecular weight excluding hydrogens is 217 g/mol. The summed E-state index contributed by atoms with van der Waals surface area (Å²) in [5.41, 5.74) is -0.549. The monoisotopic (exact) mass is 232 g/mol. The number of hydrogen-bond acceptors (Lipinski definition) is 2. The van der Waals surface area contributed by atoms with E-state index in [0.717, 1.165) is 0 Å². The van der Waals surface area contributed by atoms with Crippen molar-refractivity contribution in [2.45, 2.75) is 25.9 Å². The van der Waals surface area contributed by atoms with Crippen LogP contribution in [-0.4, -0.2) is 19.1 Å². The maximum atomic E-state index is 12.8. The molecule has 0 aromatic carbocycles. The predicted octanol–water partition coefficient (Wildman–Crippen LogP) is 3.29. The van der Waals surface area contributed by atoms with Gasteiger partial charge in [-0.15, -0.1) is 0 Å². The summed E-state index contributed by atoms with van der Waals surface area (Å²) >= 11 is 0. The Labute approximate surface area is 93.1 Å². The highest BCUT2D eigenvalue weighted by Crippen LogP contribution is 2.34. The van der Waals surface area contributed by atoms with Crippen LogP contribution in [0.3, 0.4) is 0 Å². The van der Waals surface area contributed by atoms with Crippen molar-refractivity contribution in [1.82, 2.24) is 4.98 Å². The lowest BCUT2D eigenvalue weighted by molar-refractivity contribution is -0.141. The minimum absolute atomic E-state index is 0.194. The normalized spacial score (nSPS) is 12.0. The average molecular weight is 232 g/mol. The summed E-state index contributed by atoms with van der Waals surface area (Å²) in [5.74, 6) is 0.122. The number of anilines is 1. The van der Waals surface area contributed by atoms with E-state index >= 15 is 0 Å². The number of hydrogen-bond donors (Lipinski definition) is 0. The topological polar surface area (TPSA) is 16.1 Å². The summed E-state index contributed by atoms with van der Waals surface area (Å²) < 4.78 is 38.3. The zero-order valence-electron chi connectivity index (χ0n) is 9.76. The van der Waals surface area contributed by atoms with Crippen LogP contribution >= 0.6 is 0 Å². The summed E-state index contributed by atoms with van der Waals surface area (Å²) in [6, 6.07) is 3.10. The second-order valence-electron chi connectivity index (χ2n) is 4.15. The van der Waals surface area contributed by atoms with E-state index < -0.39 is 11.9 Å². The van der Waals surface area contributed by atoms with Gasteiger partial charge in [0.1, 0.15) is 11.5 Å². The summed E-state index contributed by atoms with van der Waals surface area (Å²) in [6.07, 6.45) is -4.40. The lowest BCUT2D eigenvalue weighted by Crippen LogP contribution is -2.17. The van der Waals surface area contributed by atoms with Gasteiger partial charge in [0.15, 0.2) is 0 Å². The molecule has 0 N–H and O–H groups in total. The van der Waals surface area contributed by atoms with Gasteiger partial charge in [0.05, 0.1) is 0 Å². The van der Waals surface area contributed by atoms with Crippen molar-refractivity contribution in [1.29, 1.82) is 0 Å². The smallest absolute Gasteiger partial charge is 0.363 e. The summed E-state index contributed by atoms with van der Waals surface area (Å²) in [5, 5.41) is 0. The minimum Gasteiger partial charge on any atom is -0.363 e. The molecule has 0 aliphatic rings. The van der Waals surface area contributed by atoms with Crippen molar-refractivity contribution in [3.05, 3.63) is 23.4 Å². The molecule has 1 aromatic rings. The first-order chi connectivity index (χ1) is 7.23. The molecule has 1 aromatic heterocycles. The Morgan fingerprint density at radius 2 is 1.75 bits per heavy atom. The van der Waals surface area contributed by atoms with Crippen LogP contribution in [0.25, 0.3) is 0 Å². The van der Waals surface area contributed by atoms with Gasteiger partial charge in [-0.05, 0) is 17.5 Å². The molecule has 0 atom stereocenters. The fourth-order valence-electron chi connectivity index (χ4n) is 1.40. The summed E-state index contributed by atoms with van der Waals surface area (Å²) in [4.78, 5) is 5.22. The highest BCUT2D eigenvalue weighted by molar-refractivity contribution is 5.42. The molecule has 0 aliphatic carbocycles. The van der Waals surface area contributed by atoms with Crippen molar-refractivity contribution < 1.29 is 13.2 Å². The van der Waals surface area contributed by atoms with Crippen LogP contribution in [0.1, 0.15) is 31.0 Å². The van der Waals surface area contributed by atoms with E-state index in [1.807, 2.05) is 0 Å². The van der Waals surface area contributed by atoms with Gasteiger partial charge in [-0.3, -0.25) is 0 Å². The fourth-order valence-corrected chi connectivity index (χ4v) is 1.40. The van der Waals surface area contributed by atoms with E-state index in [-0.39, 0.29) is 11.5 Å². The molecule has 0 fully saturated rings. The quantitative estimate of drug-likeness (QED) is 0.777. The van der Waals surface area contributed by atoms with Gasteiger partial charge in [-0.2, -0.15) is 13.2 Å². The zero-order chi connectivity index (χ0) is 12.5. The van der Waals surface area contributed by atoms with Gasteiger partial charge in [-0.25, -0.2) is 4.98 Å². The first-order valence-electron chi connectivity index (χ1n) is 4.99. The number of pyridine rings is 1. The highest BCUT2D eigenvalue weighted by Gasteiger charge is 2.36. The number of rotatable bonds is 2. The fraction of sp³-hybridized carbons (Fsp3) is 0.545. The van der Waals surface area contributed by atoms with Crippen molar-refractivity contribution in [2.24, 2.45) is 0 Å². The molecule has 0 saturated carbocycles. The molecule has 0 radical (unpaired) electrons. The van der Waals surface area contributed by atoms with Gasteiger partial charge in [0.25, 0.3) is 0 Å². The third-order valence-electron chi connectivity index (χ3n) is 2.26. The third kappa shape index (κ3) is 2.65. The second-order valence-corrected chi connectivity index (χ2v) is 4.15. The summed E-state index contributed by atoms with van der Waals surface area (Å²) in [7, 11) is 3.33. The van der Waals surface area contributed by atoms with Crippen LogP contribution in [0.5, 0.6) is 0 Å². The van der Waals surface area contributed by atoms with Gasteiger partial charge in [0.2, 0.25) is 0 Å².